The molecule has 1 heterocycles. The topological polar surface area (TPSA) is 71.1 Å². The minimum absolute atomic E-state index is 0.478. The number of unbranched alkanes of at least 4 members (excludes halogenated alkanes) is 2. The molecule has 1 aromatic rings. The molecule has 0 aliphatic heterocycles. The second kappa shape index (κ2) is 6.44. The lowest BCUT2D eigenvalue weighted by atomic mass is 10.2. The average molecular weight is 257 g/mol. The van der Waals surface area contributed by atoms with E-state index in [1.807, 2.05) is 0 Å². The molecule has 6 heteroatoms. The van der Waals surface area contributed by atoms with E-state index in [0.29, 0.717) is 5.69 Å². The Morgan fingerprint density at radius 3 is 2.59 bits per heavy atom. The highest BCUT2D eigenvalue weighted by molar-refractivity contribution is 7.92. The van der Waals surface area contributed by atoms with Crippen molar-refractivity contribution in [2.24, 2.45) is 0 Å². The van der Waals surface area contributed by atoms with Gasteiger partial charge in [0.2, 0.25) is 10.0 Å². The van der Waals surface area contributed by atoms with Gasteiger partial charge < -0.3 is 5.32 Å². The monoisotopic (exact) mass is 257 g/mol. The van der Waals surface area contributed by atoms with Crippen molar-refractivity contribution >= 4 is 21.5 Å². The second-order valence-corrected chi connectivity index (χ2v) is 5.69. The van der Waals surface area contributed by atoms with Gasteiger partial charge in [0.1, 0.15) is 5.82 Å². The first kappa shape index (κ1) is 13.8. The number of nitrogens with one attached hydrogen (secondary N) is 2. The van der Waals surface area contributed by atoms with Crippen molar-refractivity contribution in [2.45, 2.75) is 26.2 Å². The Morgan fingerprint density at radius 2 is 2.06 bits per heavy atom. The Balaban J connectivity index is 2.45. The molecule has 0 saturated carbocycles. The second-order valence-electron chi connectivity index (χ2n) is 3.94. The van der Waals surface area contributed by atoms with E-state index in [2.05, 4.69) is 21.9 Å². The summed E-state index contributed by atoms with van der Waals surface area (Å²) in [6.45, 7) is 3.05. The van der Waals surface area contributed by atoms with Gasteiger partial charge in [-0.25, -0.2) is 13.4 Å². The molecule has 0 aromatic carbocycles. The smallest absolute Gasteiger partial charge is 0.229 e. The summed E-state index contributed by atoms with van der Waals surface area (Å²) in [6, 6.07) is 3.45. The fourth-order valence-corrected chi connectivity index (χ4v) is 1.91. The van der Waals surface area contributed by atoms with E-state index in [1.165, 1.54) is 19.0 Å². The Bertz CT molecular complexity index is 429. The van der Waals surface area contributed by atoms with Crippen LogP contribution in [0.4, 0.5) is 11.5 Å². The number of nitrogens with zero attached hydrogens (tertiary/aromatic N) is 1. The molecule has 1 rings (SSSR count). The van der Waals surface area contributed by atoms with Gasteiger partial charge in [0.25, 0.3) is 0 Å². The fraction of sp³-hybridized carbons (Fsp3) is 0.545. The minimum Gasteiger partial charge on any atom is -0.370 e. The van der Waals surface area contributed by atoms with Gasteiger partial charge >= 0.3 is 0 Å². The zero-order valence-corrected chi connectivity index (χ0v) is 11.0. The Hall–Kier alpha value is -1.30. The van der Waals surface area contributed by atoms with Gasteiger partial charge in [-0.3, -0.25) is 4.72 Å². The van der Waals surface area contributed by atoms with Crippen molar-refractivity contribution in [2.75, 3.05) is 22.8 Å². The maximum atomic E-state index is 11.0. The van der Waals surface area contributed by atoms with Gasteiger partial charge in [0.05, 0.1) is 18.1 Å². The summed E-state index contributed by atoms with van der Waals surface area (Å²) in [5.74, 6) is 0.764. The summed E-state index contributed by atoms with van der Waals surface area (Å²) in [5, 5.41) is 3.18. The van der Waals surface area contributed by atoms with E-state index in [9.17, 15) is 8.42 Å². The molecule has 0 aliphatic carbocycles. The number of rotatable bonds is 7. The molecule has 2 N–H and O–H groups in total. The number of aromatic nitrogens is 1. The summed E-state index contributed by atoms with van der Waals surface area (Å²) >= 11 is 0. The quantitative estimate of drug-likeness (QED) is 0.733. The van der Waals surface area contributed by atoms with Gasteiger partial charge in [-0.05, 0) is 18.6 Å². The first-order valence-electron chi connectivity index (χ1n) is 5.69. The molecule has 0 fully saturated rings. The molecule has 17 heavy (non-hydrogen) atoms. The first-order valence-corrected chi connectivity index (χ1v) is 7.58. The predicted octanol–water partition coefficient (Wildman–Crippen LogP) is 2.06. The van der Waals surface area contributed by atoms with Crippen LogP contribution in [0.1, 0.15) is 26.2 Å². The summed E-state index contributed by atoms with van der Waals surface area (Å²) in [7, 11) is -3.22. The van der Waals surface area contributed by atoms with E-state index in [-0.39, 0.29) is 0 Å². The van der Waals surface area contributed by atoms with Gasteiger partial charge in [-0.1, -0.05) is 19.8 Å². The van der Waals surface area contributed by atoms with Crippen LogP contribution in [0, 0.1) is 0 Å². The molecule has 0 atom stereocenters. The van der Waals surface area contributed by atoms with Gasteiger partial charge in [-0.2, -0.15) is 0 Å². The van der Waals surface area contributed by atoms with Crippen molar-refractivity contribution in [3.8, 4) is 0 Å². The summed E-state index contributed by atoms with van der Waals surface area (Å²) in [4.78, 5) is 4.12. The van der Waals surface area contributed by atoms with Crippen LogP contribution in [0.3, 0.4) is 0 Å². The normalized spacial score (nSPS) is 11.2. The highest BCUT2D eigenvalue weighted by Crippen LogP contribution is 2.10. The molecule has 0 unspecified atom stereocenters. The molecule has 96 valence electrons. The fourth-order valence-electron chi connectivity index (χ4n) is 1.36. The summed E-state index contributed by atoms with van der Waals surface area (Å²) in [5.41, 5.74) is 0.478. The number of sulfonamides is 1. The third-order valence-corrected chi connectivity index (χ3v) is 2.76. The molecule has 0 aliphatic rings. The van der Waals surface area contributed by atoms with Gasteiger partial charge in [-0.15, -0.1) is 0 Å². The lowest BCUT2D eigenvalue weighted by Crippen LogP contribution is -2.10. The number of pyridine rings is 1. The van der Waals surface area contributed by atoms with Crippen LogP contribution in [-0.4, -0.2) is 26.2 Å². The van der Waals surface area contributed by atoms with E-state index >= 15 is 0 Å². The zero-order chi connectivity index (χ0) is 12.7. The molecular weight excluding hydrogens is 238 g/mol. The van der Waals surface area contributed by atoms with E-state index in [0.717, 1.165) is 25.0 Å². The summed E-state index contributed by atoms with van der Waals surface area (Å²) < 4.78 is 24.3. The lowest BCUT2D eigenvalue weighted by molar-refractivity contribution is 0.607. The molecular formula is C11H19N3O2S. The van der Waals surface area contributed by atoms with Crippen LogP contribution >= 0.6 is 0 Å². The van der Waals surface area contributed by atoms with Gasteiger partial charge in [0.15, 0.2) is 0 Å². The van der Waals surface area contributed by atoms with Crippen LogP contribution in [0.2, 0.25) is 0 Å². The molecule has 1 aromatic heterocycles. The Labute approximate surface area is 103 Å². The maximum Gasteiger partial charge on any atom is 0.229 e. The maximum absolute atomic E-state index is 11.0. The number of anilines is 2. The number of hydrogen-bond acceptors (Lipinski definition) is 4. The first-order chi connectivity index (χ1) is 8.01. The summed E-state index contributed by atoms with van der Waals surface area (Å²) in [6.07, 6.45) is 6.11. The average Bonchev–Trinajstić information content (AvgIpc) is 2.25. The predicted molar refractivity (Wildman–Crippen MR) is 70.7 cm³/mol. The Kier molecular flexibility index (Phi) is 5.21. The van der Waals surface area contributed by atoms with Crippen molar-refractivity contribution in [1.29, 1.82) is 0 Å². The molecule has 0 saturated heterocycles. The third kappa shape index (κ3) is 6.11. The molecule has 0 radical (unpaired) electrons. The number of hydrogen-bond donors (Lipinski definition) is 2. The molecule has 5 nitrogen and oxygen atoms in total. The Morgan fingerprint density at radius 1 is 1.29 bits per heavy atom. The van der Waals surface area contributed by atoms with Crippen molar-refractivity contribution < 1.29 is 8.42 Å². The van der Waals surface area contributed by atoms with Crippen LogP contribution in [0.25, 0.3) is 0 Å². The van der Waals surface area contributed by atoms with Crippen molar-refractivity contribution in [1.82, 2.24) is 4.98 Å². The van der Waals surface area contributed by atoms with Crippen LogP contribution in [0.15, 0.2) is 18.3 Å². The van der Waals surface area contributed by atoms with E-state index in [1.54, 1.807) is 12.1 Å². The lowest BCUT2D eigenvalue weighted by Gasteiger charge is -2.06. The largest absolute Gasteiger partial charge is 0.370 e. The van der Waals surface area contributed by atoms with Crippen LogP contribution < -0.4 is 10.0 Å². The highest BCUT2D eigenvalue weighted by atomic mass is 32.2. The molecule has 0 spiro atoms. The van der Waals surface area contributed by atoms with E-state index < -0.39 is 10.0 Å². The standard InChI is InChI=1S/C11H19N3O2S/c1-3-4-5-8-12-11-7-6-10(9-13-11)14-17(2,15)16/h6-7,9,14H,3-5,8H2,1-2H3,(H,12,13). The zero-order valence-electron chi connectivity index (χ0n) is 10.2. The molecule has 0 amide bonds. The minimum atomic E-state index is -3.22. The van der Waals surface area contributed by atoms with Gasteiger partial charge in [0, 0.05) is 6.54 Å². The van der Waals surface area contributed by atoms with Crippen LogP contribution in [-0.2, 0) is 10.0 Å². The third-order valence-electron chi connectivity index (χ3n) is 2.15. The highest BCUT2D eigenvalue weighted by Gasteiger charge is 2.01. The van der Waals surface area contributed by atoms with Crippen LogP contribution in [0.5, 0.6) is 0 Å². The van der Waals surface area contributed by atoms with E-state index in [4.69, 9.17) is 0 Å². The SMILES string of the molecule is CCCCCNc1ccc(NS(C)(=O)=O)cn1. The van der Waals surface area contributed by atoms with Crippen molar-refractivity contribution in [3.05, 3.63) is 18.3 Å². The van der Waals surface area contributed by atoms with Crippen molar-refractivity contribution in [3.63, 3.8) is 0 Å². The molecule has 0 bridgehead atoms.